The van der Waals surface area contributed by atoms with E-state index in [9.17, 15) is 31.7 Å². The van der Waals surface area contributed by atoms with Crippen molar-refractivity contribution in [2.45, 2.75) is 18.0 Å². The van der Waals surface area contributed by atoms with E-state index in [1.165, 1.54) is 25.1 Å². The number of sulfonamides is 1. The Bertz CT molecular complexity index is 958. The Hall–Kier alpha value is -2.95. The lowest BCUT2D eigenvalue weighted by Gasteiger charge is -2.14. The van der Waals surface area contributed by atoms with E-state index in [1.54, 1.807) is 0 Å². The van der Waals surface area contributed by atoms with Gasteiger partial charge in [0.05, 0.1) is 9.82 Å². The summed E-state index contributed by atoms with van der Waals surface area (Å²) in [5, 5.41) is 12.6. The lowest BCUT2D eigenvalue weighted by Crippen LogP contribution is -2.32. The molecule has 2 aromatic carbocycles. The lowest BCUT2D eigenvalue weighted by atomic mass is 10.2. The highest BCUT2D eigenvalue weighted by atomic mass is 32.2. The largest absolute Gasteiger partial charge is 0.450 e. The minimum Gasteiger partial charge on any atom is -0.335 e. The molecule has 1 N–H and O–H groups in total. The number of nitrogens with one attached hydrogen (secondary N) is 1. The number of hydrogen-bond donors (Lipinski definition) is 1. The van der Waals surface area contributed by atoms with Gasteiger partial charge in [0.15, 0.2) is 0 Å². The zero-order valence-corrected chi connectivity index (χ0v) is 14.0. The molecule has 0 aliphatic heterocycles. The van der Waals surface area contributed by atoms with Crippen LogP contribution >= 0.6 is 0 Å². The predicted molar refractivity (Wildman–Crippen MR) is 88.6 cm³/mol. The fourth-order valence-corrected chi connectivity index (χ4v) is 2.94. The molecule has 0 bridgehead atoms. The van der Waals surface area contributed by atoms with Gasteiger partial charge in [-0.15, -0.1) is 4.40 Å². The number of amidine groups is 1. The third kappa shape index (κ3) is 4.57. The van der Waals surface area contributed by atoms with Gasteiger partial charge in [-0.05, 0) is 30.7 Å². The van der Waals surface area contributed by atoms with Gasteiger partial charge in [0.25, 0.3) is 15.7 Å². The highest BCUT2D eigenvalue weighted by molar-refractivity contribution is 7.90. The molecule has 7 nitrogen and oxygen atoms in total. The van der Waals surface area contributed by atoms with Crippen LogP contribution in [0.4, 0.5) is 24.5 Å². The highest BCUT2D eigenvalue weighted by Gasteiger charge is 2.38. The van der Waals surface area contributed by atoms with E-state index in [2.05, 4.69) is 4.40 Å². The number of halogens is 3. The summed E-state index contributed by atoms with van der Waals surface area (Å²) in [6.07, 6.45) is -5.09. The standard InChI is InChI=1S/C15H12F3N3O4S/c1-10-9-11(21(22)23)7-8-13(10)19-14(15(16,17)18)20-26(24,25)12-5-3-2-4-6-12/h2-9H,1H3,(H,19,20). The summed E-state index contributed by atoms with van der Waals surface area (Å²) in [6.45, 7) is 1.34. The number of hydrogen-bond acceptors (Lipinski definition) is 4. The number of nitro groups is 1. The van der Waals surface area contributed by atoms with Crippen molar-refractivity contribution >= 4 is 27.2 Å². The highest BCUT2D eigenvalue weighted by Crippen LogP contribution is 2.26. The van der Waals surface area contributed by atoms with Gasteiger partial charge in [0.1, 0.15) is 0 Å². The first-order valence-electron chi connectivity index (χ1n) is 7.00. The molecule has 138 valence electrons. The van der Waals surface area contributed by atoms with E-state index in [0.29, 0.717) is 0 Å². The van der Waals surface area contributed by atoms with Gasteiger partial charge in [0.2, 0.25) is 5.84 Å². The molecular weight excluding hydrogens is 375 g/mol. The SMILES string of the molecule is Cc1cc([N+](=O)[O-])ccc1N/C(=N\S(=O)(=O)c1ccccc1)C(F)(F)F. The Morgan fingerprint density at radius 1 is 1.15 bits per heavy atom. The molecular formula is C15H12F3N3O4S. The van der Waals surface area contributed by atoms with Crippen LogP contribution in [0, 0.1) is 17.0 Å². The second-order valence-corrected chi connectivity index (χ2v) is 6.71. The molecule has 0 heterocycles. The Morgan fingerprint density at radius 3 is 2.27 bits per heavy atom. The lowest BCUT2D eigenvalue weighted by molar-refractivity contribution is -0.384. The topological polar surface area (TPSA) is 102 Å². The number of anilines is 1. The van der Waals surface area contributed by atoms with E-state index < -0.39 is 31.9 Å². The monoisotopic (exact) mass is 387 g/mol. The Morgan fingerprint density at radius 2 is 1.77 bits per heavy atom. The molecule has 0 saturated heterocycles. The van der Waals surface area contributed by atoms with E-state index in [0.717, 1.165) is 30.3 Å². The van der Waals surface area contributed by atoms with Gasteiger partial charge >= 0.3 is 6.18 Å². The average Bonchev–Trinajstić information content (AvgIpc) is 2.55. The predicted octanol–water partition coefficient (Wildman–Crippen LogP) is 3.66. The number of rotatable bonds is 4. The van der Waals surface area contributed by atoms with Crippen molar-refractivity contribution in [1.29, 1.82) is 0 Å². The average molecular weight is 387 g/mol. The van der Waals surface area contributed by atoms with Crippen LogP contribution in [-0.4, -0.2) is 25.4 Å². The van der Waals surface area contributed by atoms with Crippen molar-refractivity contribution in [2.24, 2.45) is 4.40 Å². The van der Waals surface area contributed by atoms with Crippen molar-refractivity contribution < 1.29 is 26.5 Å². The Balaban J connectivity index is 2.46. The summed E-state index contributed by atoms with van der Waals surface area (Å²) < 4.78 is 66.7. The Labute approximate surface area is 146 Å². The normalized spacial score (nSPS) is 12.7. The van der Waals surface area contributed by atoms with Gasteiger partial charge in [-0.1, -0.05) is 18.2 Å². The number of nitrogens with zero attached hydrogens (tertiary/aromatic N) is 2. The van der Waals surface area contributed by atoms with Crippen molar-refractivity contribution in [3.8, 4) is 0 Å². The van der Waals surface area contributed by atoms with Crippen molar-refractivity contribution in [2.75, 3.05) is 5.32 Å². The number of aryl methyl sites for hydroxylation is 1. The first kappa shape index (κ1) is 19.4. The molecule has 2 aromatic rings. The molecule has 2 rings (SSSR count). The molecule has 0 aliphatic rings. The fourth-order valence-electron chi connectivity index (χ4n) is 1.94. The summed E-state index contributed by atoms with van der Waals surface area (Å²) in [4.78, 5) is 9.59. The van der Waals surface area contributed by atoms with Gasteiger partial charge in [-0.25, -0.2) is 0 Å². The quantitative estimate of drug-likeness (QED) is 0.373. The maximum atomic E-state index is 13.2. The van der Waals surface area contributed by atoms with E-state index >= 15 is 0 Å². The second kappa shape index (κ2) is 7.12. The summed E-state index contributed by atoms with van der Waals surface area (Å²) in [5.74, 6) is -1.75. The molecule has 0 spiro atoms. The molecule has 11 heteroatoms. The molecule has 0 amide bonds. The molecule has 0 saturated carbocycles. The van der Waals surface area contributed by atoms with Crippen molar-refractivity contribution in [3.05, 3.63) is 64.2 Å². The van der Waals surface area contributed by atoms with Crippen LogP contribution in [0.15, 0.2) is 57.8 Å². The molecule has 0 aliphatic carbocycles. The number of benzene rings is 2. The molecule has 0 fully saturated rings. The summed E-state index contributed by atoms with van der Waals surface area (Å²) in [7, 11) is -4.60. The van der Waals surface area contributed by atoms with Crippen LogP contribution in [0.3, 0.4) is 0 Å². The molecule has 0 atom stereocenters. The van der Waals surface area contributed by atoms with E-state index in [-0.39, 0.29) is 16.9 Å². The molecule has 0 aromatic heterocycles. The minimum atomic E-state index is -5.09. The van der Waals surface area contributed by atoms with Crippen LogP contribution in [-0.2, 0) is 10.0 Å². The number of nitro benzene ring substituents is 1. The van der Waals surface area contributed by atoms with Gasteiger partial charge in [0, 0.05) is 17.8 Å². The fraction of sp³-hybridized carbons (Fsp3) is 0.133. The minimum absolute atomic E-state index is 0.119. The third-order valence-corrected chi connectivity index (χ3v) is 4.49. The molecule has 0 unspecified atom stereocenters. The van der Waals surface area contributed by atoms with Gasteiger partial charge in [-0.3, -0.25) is 10.1 Å². The van der Waals surface area contributed by atoms with Crippen LogP contribution in [0.2, 0.25) is 0 Å². The Kier molecular flexibility index (Phi) is 5.30. The number of alkyl halides is 3. The second-order valence-electron chi connectivity index (χ2n) is 5.11. The zero-order chi connectivity index (χ0) is 19.5. The summed E-state index contributed by atoms with van der Waals surface area (Å²) in [5.41, 5.74) is -0.348. The number of non-ortho nitro benzene ring substituents is 1. The first-order chi connectivity index (χ1) is 12.0. The van der Waals surface area contributed by atoms with Gasteiger partial charge < -0.3 is 5.32 Å². The van der Waals surface area contributed by atoms with Gasteiger partial charge in [-0.2, -0.15) is 21.6 Å². The van der Waals surface area contributed by atoms with Crippen molar-refractivity contribution in [3.63, 3.8) is 0 Å². The van der Waals surface area contributed by atoms with E-state index in [4.69, 9.17) is 0 Å². The van der Waals surface area contributed by atoms with Crippen LogP contribution < -0.4 is 5.32 Å². The van der Waals surface area contributed by atoms with E-state index in [1.807, 2.05) is 5.32 Å². The summed E-state index contributed by atoms with van der Waals surface area (Å²) in [6, 6.07) is 9.54. The van der Waals surface area contributed by atoms with Crippen molar-refractivity contribution in [1.82, 2.24) is 0 Å². The first-order valence-corrected chi connectivity index (χ1v) is 8.44. The molecule has 26 heavy (non-hydrogen) atoms. The third-order valence-electron chi connectivity index (χ3n) is 3.19. The van der Waals surface area contributed by atoms with Crippen LogP contribution in [0.5, 0.6) is 0 Å². The molecule has 0 radical (unpaired) electrons. The zero-order valence-electron chi connectivity index (χ0n) is 13.2. The summed E-state index contributed by atoms with van der Waals surface area (Å²) >= 11 is 0. The maximum Gasteiger partial charge on any atom is 0.450 e. The van der Waals surface area contributed by atoms with Crippen LogP contribution in [0.1, 0.15) is 5.56 Å². The maximum absolute atomic E-state index is 13.2. The van der Waals surface area contributed by atoms with Crippen LogP contribution in [0.25, 0.3) is 0 Å². The smallest absolute Gasteiger partial charge is 0.335 e.